The maximum Gasteiger partial charge on any atom is 0.388 e. The van der Waals surface area contributed by atoms with E-state index in [2.05, 4.69) is 14.8 Å². The Labute approximate surface area is 172 Å². The highest BCUT2D eigenvalue weighted by atomic mass is 19.3. The van der Waals surface area contributed by atoms with Crippen LogP contribution >= 0.6 is 0 Å². The molecule has 0 spiro atoms. The van der Waals surface area contributed by atoms with Gasteiger partial charge in [0.05, 0.1) is 31.3 Å². The molecule has 4 rings (SSSR count). The fourth-order valence-electron chi connectivity index (χ4n) is 3.66. The van der Waals surface area contributed by atoms with Gasteiger partial charge in [-0.3, -0.25) is 0 Å². The topological polar surface area (TPSA) is 84.4 Å². The average Bonchev–Trinajstić information content (AvgIpc) is 3.06. The third-order valence-electron chi connectivity index (χ3n) is 5.24. The lowest BCUT2D eigenvalue weighted by molar-refractivity contribution is -0.0522. The first-order valence-electron chi connectivity index (χ1n) is 9.88. The minimum absolute atomic E-state index is 0.0397. The highest BCUT2D eigenvalue weighted by molar-refractivity contribution is 5.82. The van der Waals surface area contributed by atoms with Crippen LogP contribution in [0.3, 0.4) is 0 Å². The predicted octanol–water partition coefficient (Wildman–Crippen LogP) is 3.74. The molecule has 1 saturated carbocycles. The van der Waals surface area contributed by atoms with E-state index in [0.29, 0.717) is 23.3 Å². The molecule has 30 heavy (non-hydrogen) atoms. The average molecular weight is 418 g/mol. The summed E-state index contributed by atoms with van der Waals surface area (Å²) in [7, 11) is 1.59. The van der Waals surface area contributed by atoms with E-state index >= 15 is 0 Å². The summed E-state index contributed by atoms with van der Waals surface area (Å²) >= 11 is 0. The van der Waals surface area contributed by atoms with Crippen molar-refractivity contribution in [2.75, 3.05) is 7.11 Å². The van der Waals surface area contributed by atoms with Crippen LogP contribution in [0.5, 0.6) is 17.4 Å². The van der Waals surface area contributed by atoms with E-state index in [9.17, 15) is 8.78 Å². The number of alkyl halides is 2. The molecule has 160 valence electrons. The van der Waals surface area contributed by atoms with Crippen LogP contribution in [0.25, 0.3) is 11.0 Å². The van der Waals surface area contributed by atoms with Crippen molar-refractivity contribution in [1.29, 1.82) is 0 Å². The van der Waals surface area contributed by atoms with Crippen LogP contribution in [-0.2, 0) is 6.54 Å². The summed E-state index contributed by atoms with van der Waals surface area (Å²) in [5.41, 5.74) is 7.30. The number of methoxy groups -OCH3 is 1. The molecule has 0 aliphatic heterocycles. The highest BCUT2D eigenvalue weighted by Crippen LogP contribution is 2.30. The van der Waals surface area contributed by atoms with E-state index in [-0.39, 0.29) is 18.0 Å². The molecule has 1 fully saturated rings. The minimum atomic E-state index is -2.98. The number of ether oxygens (including phenoxy) is 3. The standard InChI is InChI=1S/C21H24F2N4O3/c1-28-15-6-2-13(3-7-15)12-27-19-18(20(26-27)30-21(22)23)10-17(11-25-19)29-16-8-4-14(24)5-9-16/h2-3,6-7,10-11,14,16,21H,4-5,8-9,12,24H2,1H3. The summed E-state index contributed by atoms with van der Waals surface area (Å²) in [5, 5.41) is 4.60. The lowest BCUT2D eigenvalue weighted by atomic mass is 9.94. The first-order chi connectivity index (χ1) is 14.5. The summed E-state index contributed by atoms with van der Waals surface area (Å²) in [6, 6.07) is 9.29. The van der Waals surface area contributed by atoms with E-state index < -0.39 is 6.61 Å². The maximum atomic E-state index is 12.9. The number of benzene rings is 1. The molecule has 2 heterocycles. The smallest absolute Gasteiger partial charge is 0.388 e. The summed E-state index contributed by atoms with van der Waals surface area (Å²) in [6.07, 6.45) is 5.15. The molecule has 1 aromatic carbocycles. The second kappa shape index (κ2) is 8.83. The third kappa shape index (κ3) is 4.62. The first kappa shape index (κ1) is 20.3. The number of pyridine rings is 1. The van der Waals surface area contributed by atoms with Gasteiger partial charge in [-0.25, -0.2) is 9.67 Å². The van der Waals surface area contributed by atoms with Crippen LogP contribution < -0.4 is 19.9 Å². The minimum Gasteiger partial charge on any atom is -0.497 e. The fraction of sp³-hybridized carbons (Fsp3) is 0.429. The van der Waals surface area contributed by atoms with Gasteiger partial charge in [0.25, 0.3) is 0 Å². The zero-order chi connectivity index (χ0) is 21.1. The van der Waals surface area contributed by atoms with Crippen molar-refractivity contribution in [1.82, 2.24) is 14.8 Å². The number of rotatable bonds is 7. The van der Waals surface area contributed by atoms with Crippen LogP contribution in [0.2, 0.25) is 0 Å². The molecule has 1 aliphatic carbocycles. The van der Waals surface area contributed by atoms with Crippen molar-refractivity contribution in [3.8, 4) is 17.4 Å². The Hall–Kier alpha value is -2.94. The molecule has 9 heteroatoms. The van der Waals surface area contributed by atoms with Gasteiger partial charge in [-0.1, -0.05) is 12.1 Å². The van der Waals surface area contributed by atoms with Gasteiger partial charge < -0.3 is 19.9 Å². The van der Waals surface area contributed by atoms with Gasteiger partial charge >= 0.3 is 6.61 Å². The number of nitrogens with zero attached hydrogens (tertiary/aromatic N) is 3. The van der Waals surface area contributed by atoms with Crippen LogP contribution in [0, 0.1) is 0 Å². The van der Waals surface area contributed by atoms with Gasteiger partial charge in [0, 0.05) is 6.04 Å². The largest absolute Gasteiger partial charge is 0.497 e. The van der Waals surface area contributed by atoms with Crippen molar-refractivity contribution in [3.63, 3.8) is 0 Å². The molecule has 0 amide bonds. The van der Waals surface area contributed by atoms with Gasteiger partial charge in [0.1, 0.15) is 11.5 Å². The number of nitrogens with two attached hydrogens (primary N) is 1. The van der Waals surface area contributed by atoms with Crippen LogP contribution in [0.4, 0.5) is 8.78 Å². The summed E-state index contributed by atoms with van der Waals surface area (Å²) in [4.78, 5) is 4.42. The third-order valence-corrected chi connectivity index (χ3v) is 5.24. The SMILES string of the molecule is COc1ccc(Cn2nc(OC(F)F)c3cc(OC4CCC(N)CC4)cnc32)cc1. The van der Waals surface area contributed by atoms with Crippen LogP contribution in [0.1, 0.15) is 31.2 Å². The maximum absolute atomic E-state index is 12.9. The molecule has 1 aliphatic rings. The van der Waals surface area contributed by atoms with Crippen LogP contribution in [-0.4, -0.2) is 40.6 Å². The van der Waals surface area contributed by atoms with Crippen molar-refractivity contribution in [3.05, 3.63) is 42.1 Å². The van der Waals surface area contributed by atoms with Gasteiger partial charge in [-0.2, -0.15) is 8.78 Å². The Morgan fingerprint density at radius 2 is 1.87 bits per heavy atom. The molecule has 0 unspecified atom stereocenters. The summed E-state index contributed by atoms with van der Waals surface area (Å²) < 4.78 is 43.2. The van der Waals surface area contributed by atoms with Gasteiger partial charge in [-0.15, -0.1) is 5.10 Å². The number of fused-ring (bicyclic) bond motifs is 1. The molecule has 0 saturated heterocycles. The van der Waals surface area contributed by atoms with E-state index in [1.807, 2.05) is 24.3 Å². The summed E-state index contributed by atoms with van der Waals surface area (Å²) in [6.45, 7) is -2.64. The molecule has 2 N–H and O–H groups in total. The number of hydrogen-bond acceptors (Lipinski definition) is 6. The Morgan fingerprint density at radius 3 is 2.53 bits per heavy atom. The Morgan fingerprint density at radius 1 is 1.13 bits per heavy atom. The van der Waals surface area contributed by atoms with Crippen molar-refractivity contribution in [2.24, 2.45) is 5.73 Å². The van der Waals surface area contributed by atoms with Crippen molar-refractivity contribution >= 4 is 11.0 Å². The van der Waals surface area contributed by atoms with E-state index in [0.717, 1.165) is 37.0 Å². The zero-order valence-electron chi connectivity index (χ0n) is 16.6. The quantitative estimate of drug-likeness (QED) is 0.629. The van der Waals surface area contributed by atoms with Crippen molar-refractivity contribution in [2.45, 2.75) is 51.0 Å². The van der Waals surface area contributed by atoms with Crippen LogP contribution in [0.15, 0.2) is 36.5 Å². The normalized spacial score (nSPS) is 19.2. The van der Waals surface area contributed by atoms with Gasteiger partial charge in [0.15, 0.2) is 5.65 Å². The molecular formula is C21H24F2N4O3. The zero-order valence-corrected chi connectivity index (χ0v) is 16.6. The second-order valence-electron chi connectivity index (χ2n) is 7.39. The molecular weight excluding hydrogens is 394 g/mol. The number of aromatic nitrogens is 3. The molecule has 0 atom stereocenters. The Bertz CT molecular complexity index is 986. The lowest BCUT2D eigenvalue weighted by Crippen LogP contribution is -2.31. The van der Waals surface area contributed by atoms with Gasteiger partial charge in [-0.05, 0) is 49.4 Å². The molecule has 0 bridgehead atoms. The van der Waals surface area contributed by atoms with Crippen molar-refractivity contribution < 1.29 is 23.0 Å². The lowest BCUT2D eigenvalue weighted by Gasteiger charge is -2.26. The van der Waals surface area contributed by atoms with E-state index in [1.165, 1.54) is 4.68 Å². The molecule has 7 nitrogen and oxygen atoms in total. The number of halogens is 2. The molecule has 2 aromatic heterocycles. The molecule has 0 radical (unpaired) electrons. The second-order valence-corrected chi connectivity index (χ2v) is 7.39. The summed E-state index contributed by atoms with van der Waals surface area (Å²) in [5.74, 6) is 1.07. The Kier molecular flexibility index (Phi) is 5.98. The highest BCUT2D eigenvalue weighted by Gasteiger charge is 2.22. The van der Waals surface area contributed by atoms with E-state index in [4.69, 9.17) is 15.2 Å². The van der Waals surface area contributed by atoms with E-state index in [1.54, 1.807) is 19.4 Å². The first-order valence-corrected chi connectivity index (χ1v) is 9.88. The van der Waals surface area contributed by atoms with Gasteiger partial charge in [0.2, 0.25) is 5.88 Å². The molecule has 3 aromatic rings. The fourth-order valence-corrected chi connectivity index (χ4v) is 3.66. The predicted molar refractivity (Wildman–Crippen MR) is 107 cm³/mol. The number of hydrogen-bond donors (Lipinski definition) is 1. The monoisotopic (exact) mass is 418 g/mol. The Balaban J connectivity index is 1.60.